The van der Waals surface area contributed by atoms with Crippen LogP contribution in [0.15, 0.2) is 60.3 Å². The second-order valence-electron chi connectivity index (χ2n) is 15.1. The summed E-state index contributed by atoms with van der Waals surface area (Å²) in [6.07, 6.45) is 1.72. The largest absolute Gasteiger partial charge is 0.462 e. The zero-order chi connectivity index (χ0) is 38.8. The summed E-state index contributed by atoms with van der Waals surface area (Å²) in [6, 6.07) is 9.00. The maximum atomic E-state index is 13.7. The van der Waals surface area contributed by atoms with Crippen molar-refractivity contribution in [1.82, 2.24) is 19.9 Å². The lowest BCUT2D eigenvalue weighted by Gasteiger charge is -2.46. The van der Waals surface area contributed by atoms with Crippen LogP contribution >= 0.6 is 0 Å². The van der Waals surface area contributed by atoms with Gasteiger partial charge < -0.3 is 39.5 Å². The number of rotatable bonds is 10. The van der Waals surface area contributed by atoms with Crippen molar-refractivity contribution in [2.75, 3.05) is 20.7 Å². The van der Waals surface area contributed by atoms with Crippen LogP contribution in [0.1, 0.15) is 66.7 Å². The average molecular weight is 741 g/mol. The van der Waals surface area contributed by atoms with Crippen LogP contribution in [0.3, 0.4) is 0 Å². The van der Waals surface area contributed by atoms with E-state index in [0.29, 0.717) is 37.9 Å². The van der Waals surface area contributed by atoms with E-state index in [4.69, 9.17) is 14.2 Å². The molecule has 2 aliphatic rings. The molecule has 13 heteroatoms. The van der Waals surface area contributed by atoms with Crippen LogP contribution in [0.5, 0.6) is 0 Å². The fourth-order valence-corrected chi connectivity index (χ4v) is 7.55. The van der Waals surface area contributed by atoms with Gasteiger partial charge in [-0.15, -0.1) is 5.10 Å². The van der Waals surface area contributed by atoms with Crippen molar-refractivity contribution in [1.29, 1.82) is 0 Å². The van der Waals surface area contributed by atoms with Gasteiger partial charge in [-0.2, -0.15) is 0 Å². The van der Waals surface area contributed by atoms with E-state index in [-0.39, 0.29) is 24.7 Å². The first-order valence-corrected chi connectivity index (χ1v) is 18.9. The van der Waals surface area contributed by atoms with Gasteiger partial charge in [-0.1, -0.05) is 74.0 Å². The molecule has 0 spiro atoms. The van der Waals surface area contributed by atoms with E-state index in [1.807, 2.05) is 63.4 Å². The summed E-state index contributed by atoms with van der Waals surface area (Å²) in [5.74, 6) is -2.52. The highest BCUT2D eigenvalue weighted by atomic mass is 16.7. The average Bonchev–Trinajstić information content (AvgIpc) is 3.61. The molecule has 0 saturated carbocycles. The lowest BCUT2D eigenvalue weighted by atomic mass is 9.79. The Morgan fingerprint density at radius 1 is 1.02 bits per heavy atom. The Bertz CT molecular complexity index is 1510. The molecule has 0 aliphatic carbocycles. The van der Waals surface area contributed by atoms with Gasteiger partial charge in [0.2, 0.25) is 0 Å². The molecule has 0 radical (unpaired) electrons. The number of aliphatic hydroxyl groups excluding tert-OH is 4. The molecule has 1 saturated heterocycles. The van der Waals surface area contributed by atoms with E-state index in [1.54, 1.807) is 49.7 Å². The molecule has 1 aromatic heterocycles. The van der Waals surface area contributed by atoms with Crippen LogP contribution in [0, 0.1) is 23.7 Å². The maximum absolute atomic E-state index is 13.7. The van der Waals surface area contributed by atoms with Crippen molar-refractivity contribution in [3.05, 3.63) is 60.3 Å². The molecule has 13 nitrogen and oxygen atoms in total. The molecular formula is C40H60N4O9. The fraction of sp³-hybridized carbons (Fsp3) is 0.650. The maximum Gasteiger partial charge on any atom is 0.308 e. The number of carbonyl (C=O) groups is 2. The number of cyclic esters (lactones) is 1. The number of allylic oxidation sites excluding steroid dienone is 3. The number of aryl methyl sites for hydroxylation is 1. The van der Waals surface area contributed by atoms with Gasteiger partial charge in [-0.3, -0.25) is 14.3 Å². The number of aromatic nitrogens is 3. The van der Waals surface area contributed by atoms with Crippen molar-refractivity contribution in [2.45, 2.75) is 122 Å². The highest BCUT2D eigenvalue weighted by molar-refractivity contribution is 5.91. The van der Waals surface area contributed by atoms with Crippen LogP contribution in [-0.4, -0.2) is 122 Å². The van der Waals surface area contributed by atoms with E-state index < -0.39 is 72.7 Å². The van der Waals surface area contributed by atoms with Gasteiger partial charge >= 0.3 is 5.97 Å². The molecule has 4 rings (SSSR count). The summed E-state index contributed by atoms with van der Waals surface area (Å²) in [5.41, 5.74) is 2.43. The number of benzene rings is 1. The van der Waals surface area contributed by atoms with Crippen LogP contribution < -0.4 is 0 Å². The molecule has 3 heterocycles. The predicted molar refractivity (Wildman–Crippen MR) is 199 cm³/mol. The lowest BCUT2D eigenvalue weighted by Crippen LogP contribution is -2.63. The Kier molecular flexibility index (Phi) is 15.9. The summed E-state index contributed by atoms with van der Waals surface area (Å²) < 4.78 is 20.4. The molecule has 0 amide bonds. The molecule has 2 aliphatic heterocycles. The molecule has 1 fully saturated rings. The zero-order valence-electron chi connectivity index (χ0n) is 32.2. The van der Waals surface area contributed by atoms with Crippen molar-refractivity contribution < 1.29 is 44.2 Å². The molecule has 12 atom stereocenters. The van der Waals surface area contributed by atoms with Crippen LogP contribution in [0.25, 0.3) is 11.3 Å². The molecule has 2 unspecified atom stereocenters. The van der Waals surface area contributed by atoms with Crippen LogP contribution in [0.2, 0.25) is 0 Å². The number of esters is 1. The lowest BCUT2D eigenvalue weighted by molar-refractivity contribution is -0.304. The summed E-state index contributed by atoms with van der Waals surface area (Å²) in [6.45, 7) is 9.40. The minimum absolute atomic E-state index is 0.0931. The molecule has 1 aromatic carbocycles. The van der Waals surface area contributed by atoms with Gasteiger partial charge in [-0.05, 0) is 65.6 Å². The SMILES string of the molecule is CC[C@H]1OC(=O)C[C@@H](O)[C@H](C)[C@@H](O[C@@H]2O[C@H](C)[C@@H](O)C(N(C)C)C2O)[C@@H](CCn2cc(-c3ccccc3)nn2)C[C@@H](C)C(=O)/C=C/C(C)=C/[C@@H]1CCO. The van der Waals surface area contributed by atoms with Gasteiger partial charge in [0.15, 0.2) is 12.1 Å². The minimum Gasteiger partial charge on any atom is -0.462 e. The number of ether oxygens (including phenoxy) is 3. The molecular weight excluding hydrogens is 680 g/mol. The first-order chi connectivity index (χ1) is 25.2. The highest BCUT2D eigenvalue weighted by Gasteiger charge is 2.47. The first kappa shape index (κ1) is 42.4. The molecule has 294 valence electrons. The standard InChI is InChI=1S/C40H60N4O9/c1-8-34-29(17-19-45)20-24(2)14-15-32(46)25(3)21-30(16-18-44-23-31(41-42-44)28-12-10-9-11-13-28)39(26(4)33(47)22-35(48)52-34)53-40-38(50)36(43(6)7)37(49)27(5)51-40/h9-15,20,23,25-27,29-30,33-34,36-40,45,47,49-50H,8,16-19,21-22H2,1-7H3/b15-14+,24-20+/t25-,26+,27-,29+,30+,33-,34-,36?,37-,38?,39-,40+/m1/s1. The molecule has 2 aromatic rings. The van der Waals surface area contributed by atoms with E-state index in [9.17, 15) is 30.0 Å². The summed E-state index contributed by atoms with van der Waals surface area (Å²) in [5, 5.41) is 52.6. The summed E-state index contributed by atoms with van der Waals surface area (Å²) >= 11 is 0. The fourth-order valence-electron chi connectivity index (χ4n) is 7.55. The normalized spacial score (nSPS) is 35.4. The summed E-state index contributed by atoms with van der Waals surface area (Å²) in [4.78, 5) is 28.8. The third kappa shape index (κ3) is 11.4. The third-order valence-electron chi connectivity index (χ3n) is 10.8. The number of carbonyl (C=O) groups excluding carboxylic acids is 2. The number of hydrogen-bond donors (Lipinski definition) is 4. The molecule has 0 bridgehead atoms. The van der Waals surface area contributed by atoms with Gasteiger partial charge in [0.25, 0.3) is 0 Å². The predicted octanol–water partition coefficient (Wildman–Crippen LogP) is 3.55. The third-order valence-corrected chi connectivity index (χ3v) is 10.8. The van der Waals surface area contributed by atoms with Crippen molar-refractivity contribution >= 4 is 11.8 Å². The molecule has 4 N–H and O–H groups in total. The second-order valence-corrected chi connectivity index (χ2v) is 15.1. The Balaban J connectivity index is 1.73. The van der Waals surface area contributed by atoms with Gasteiger partial charge in [0.1, 0.15) is 17.9 Å². The summed E-state index contributed by atoms with van der Waals surface area (Å²) in [7, 11) is 3.51. The number of nitrogens with zero attached hydrogens (tertiary/aromatic N) is 4. The Labute approximate surface area is 313 Å². The first-order valence-electron chi connectivity index (χ1n) is 18.9. The second kappa shape index (κ2) is 19.9. The number of ketones is 1. The zero-order valence-corrected chi connectivity index (χ0v) is 32.2. The quantitative estimate of drug-likeness (QED) is 0.261. The number of hydrogen-bond acceptors (Lipinski definition) is 12. The Morgan fingerprint density at radius 2 is 1.74 bits per heavy atom. The van der Waals surface area contributed by atoms with Crippen molar-refractivity contribution in [3.8, 4) is 11.3 Å². The highest BCUT2D eigenvalue weighted by Crippen LogP contribution is 2.35. The van der Waals surface area contributed by atoms with E-state index in [1.165, 1.54) is 0 Å². The van der Waals surface area contributed by atoms with E-state index in [0.717, 1.165) is 11.1 Å². The molecule has 53 heavy (non-hydrogen) atoms. The van der Waals surface area contributed by atoms with Crippen LogP contribution in [-0.2, 0) is 30.3 Å². The number of likely N-dealkylation sites (N-methyl/N-ethyl adjacent to an activating group) is 1. The van der Waals surface area contributed by atoms with Gasteiger partial charge in [0.05, 0.1) is 43.1 Å². The van der Waals surface area contributed by atoms with Gasteiger partial charge in [0, 0.05) is 36.5 Å². The monoisotopic (exact) mass is 740 g/mol. The van der Waals surface area contributed by atoms with Crippen molar-refractivity contribution in [3.63, 3.8) is 0 Å². The van der Waals surface area contributed by atoms with E-state index >= 15 is 0 Å². The van der Waals surface area contributed by atoms with Crippen molar-refractivity contribution in [2.24, 2.45) is 23.7 Å². The van der Waals surface area contributed by atoms with E-state index in [2.05, 4.69) is 10.3 Å². The number of aliphatic hydroxyl groups is 4. The Hall–Kier alpha value is -3.30. The minimum atomic E-state index is -1.25. The van der Waals surface area contributed by atoms with Crippen LogP contribution in [0.4, 0.5) is 0 Å². The Morgan fingerprint density at radius 3 is 2.40 bits per heavy atom. The van der Waals surface area contributed by atoms with Gasteiger partial charge in [-0.25, -0.2) is 0 Å². The smallest absolute Gasteiger partial charge is 0.308 e. The topological polar surface area (TPSA) is 177 Å².